The molecule has 0 aliphatic heterocycles. The molecule has 0 amide bonds. The van der Waals surface area contributed by atoms with Crippen LogP contribution in [0.4, 0.5) is 5.69 Å². The standard InChI is InChI=1S/C20H19NO3/c1-9-7-13-14(8-10(9)2)20(24)16-15(19(13)23)17(21)11-5-3-4-6-12(11)18(16)22/h3-6,13-14,22H,7-8,21H2,1-2H3/t13-,14+/m0/s1. The van der Waals surface area contributed by atoms with E-state index in [1.807, 2.05) is 13.8 Å². The summed E-state index contributed by atoms with van der Waals surface area (Å²) in [5, 5.41) is 11.8. The van der Waals surface area contributed by atoms with E-state index < -0.39 is 0 Å². The smallest absolute Gasteiger partial charge is 0.171 e. The van der Waals surface area contributed by atoms with Crippen molar-refractivity contribution in [1.82, 2.24) is 0 Å². The van der Waals surface area contributed by atoms with Crippen molar-refractivity contribution in [2.45, 2.75) is 26.7 Å². The Bertz CT molecular complexity index is 879. The summed E-state index contributed by atoms with van der Waals surface area (Å²) in [4.78, 5) is 26.2. The summed E-state index contributed by atoms with van der Waals surface area (Å²) in [5.74, 6) is -1.14. The molecule has 2 aliphatic carbocycles. The van der Waals surface area contributed by atoms with Crippen LogP contribution in [0.15, 0.2) is 35.4 Å². The molecule has 0 spiro atoms. The number of benzene rings is 2. The molecule has 0 saturated heterocycles. The summed E-state index contributed by atoms with van der Waals surface area (Å²) in [6.07, 6.45) is 1.17. The molecule has 4 heteroatoms. The fourth-order valence-electron chi connectivity index (χ4n) is 4.16. The van der Waals surface area contributed by atoms with E-state index in [9.17, 15) is 14.7 Å². The first-order chi connectivity index (χ1) is 11.4. The first-order valence-corrected chi connectivity index (χ1v) is 8.18. The van der Waals surface area contributed by atoms with Gasteiger partial charge in [0.25, 0.3) is 0 Å². The van der Waals surface area contributed by atoms with Gasteiger partial charge >= 0.3 is 0 Å². The van der Waals surface area contributed by atoms with Crippen LogP contribution in [-0.2, 0) is 0 Å². The van der Waals surface area contributed by atoms with Crippen LogP contribution in [0, 0.1) is 11.8 Å². The van der Waals surface area contributed by atoms with Crippen molar-refractivity contribution < 1.29 is 14.7 Å². The minimum absolute atomic E-state index is 0.111. The predicted octanol–water partition coefficient (Wildman–Crippen LogP) is 3.87. The number of carbonyl (C=O) groups excluding carboxylic acids is 2. The lowest BCUT2D eigenvalue weighted by Crippen LogP contribution is -2.39. The largest absolute Gasteiger partial charge is 0.507 e. The Hall–Kier alpha value is -2.62. The van der Waals surface area contributed by atoms with Gasteiger partial charge in [-0.05, 0) is 26.7 Å². The Morgan fingerprint density at radius 2 is 1.42 bits per heavy atom. The number of allylic oxidation sites excluding steroid dienone is 2. The second-order valence-electron chi connectivity index (χ2n) is 6.97. The highest BCUT2D eigenvalue weighted by Crippen LogP contribution is 2.48. The summed E-state index contributed by atoms with van der Waals surface area (Å²) < 4.78 is 0. The van der Waals surface area contributed by atoms with Gasteiger partial charge in [0.1, 0.15) is 5.75 Å². The molecule has 2 aromatic carbocycles. The summed E-state index contributed by atoms with van der Waals surface area (Å²) in [5.41, 5.74) is 9.21. The van der Waals surface area contributed by atoms with Crippen LogP contribution < -0.4 is 5.73 Å². The Balaban J connectivity index is 2.03. The molecule has 0 aromatic heterocycles. The third-order valence-corrected chi connectivity index (χ3v) is 5.66. The zero-order chi connectivity index (χ0) is 17.2. The molecule has 2 aromatic rings. The van der Waals surface area contributed by atoms with Gasteiger partial charge < -0.3 is 10.8 Å². The lowest BCUT2D eigenvalue weighted by molar-refractivity contribution is 0.0719. The maximum Gasteiger partial charge on any atom is 0.171 e. The lowest BCUT2D eigenvalue weighted by Gasteiger charge is -2.36. The Labute approximate surface area is 140 Å². The number of hydrogen-bond donors (Lipinski definition) is 2. The van der Waals surface area contributed by atoms with Gasteiger partial charge in [0.2, 0.25) is 0 Å². The summed E-state index contributed by atoms with van der Waals surface area (Å²) >= 11 is 0. The molecular formula is C20H19NO3. The monoisotopic (exact) mass is 321 g/mol. The normalized spacial score (nSPS) is 23.4. The summed E-state index contributed by atoms with van der Waals surface area (Å²) in [6, 6.07) is 7.08. The number of phenolic OH excluding ortho intramolecular Hbond substituents is 1. The molecular weight excluding hydrogens is 302 g/mol. The van der Waals surface area contributed by atoms with Crippen molar-refractivity contribution in [3.63, 3.8) is 0 Å². The number of ketones is 2. The number of hydrogen-bond acceptors (Lipinski definition) is 4. The number of Topliss-reactive ketones (excluding diaryl/α,β-unsaturated/α-hetero) is 2. The van der Waals surface area contributed by atoms with Crippen LogP contribution in [0.1, 0.15) is 47.4 Å². The summed E-state index contributed by atoms with van der Waals surface area (Å²) in [6.45, 7) is 4.02. The van der Waals surface area contributed by atoms with E-state index in [-0.39, 0.29) is 40.3 Å². The van der Waals surface area contributed by atoms with Crippen molar-refractivity contribution in [2.24, 2.45) is 11.8 Å². The van der Waals surface area contributed by atoms with Crippen LogP contribution in [0.2, 0.25) is 0 Å². The van der Waals surface area contributed by atoms with Gasteiger partial charge in [0.15, 0.2) is 11.6 Å². The molecule has 0 bridgehead atoms. The topological polar surface area (TPSA) is 80.4 Å². The quantitative estimate of drug-likeness (QED) is 0.438. The third-order valence-electron chi connectivity index (χ3n) is 5.66. The van der Waals surface area contributed by atoms with Gasteiger partial charge in [0, 0.05) is 22.6 Å². The minimum Gasteiger partial charge on any atom is -0.507 e. The number of fused-ring (bicyclic) bond motifs is 3. The second kappa shape index (κ2) is 4.94. The number of nitrogen functional groups attached to an aromatic ring is 1. The van der Waals surface area contributed by atoms with E-state index in [1.54, 1.807) is 24.3 Å². The third kappa shape index (κ3) is 1.80. The van der Waals surface area contributed by atoms with E-state index in [0.29, 0.717) is 29.3 Å². The van der Waals surface area contributed by atoms with Crippen LogP contribution in [0.3, 0.4) is 0 Å². The Morgan fingerprint density at radius 3 is 2.00 bits per heavy atom. The molecule has 4 nitrogen and oxygen atoms in total. The maximum absolute atomic E-state index is 13.1. The molecule has 0 radical (unpaired) electrons. The average Bonchev–Trinajstić information content (AvgIpc) is 2.57. The van der Waals surface area contributed by atoms with Gasteiger partial charge in [-0.1, -0.05) is 35.4 Å². The zero-order valence-corrected chi connectivity index (χ0v) is 13.7. The van der Waals surface area contributed by atoms with Crippen LogP contribution >= 0.6 is 0 Å². The number of phenols is 1. The van der Waals surface area contributed by atoms with E-state index in [1.165, 1.54) is 5.57 Å². The van der Waals surface area contributed by atoms with Gasteiger partial charge in [-0.15, -0.1) is 0 Å². The van der Waals surface area contributed by atoms with Crippen molar-refractivity contribution in [3.05, 3.63) is 46.5 Å². The highest BCUT2D eigenvalue weighted by Gasteiger charge is 2.46. The molecule has 4 rings (SSSR count). The minimum atomic E-state index is -0.389. The molecule has 2 atom stereocenters. The number of aromatic hydroxyl groups is 1. The fourth-order valence-corrected chi connectivity index (χ4v) is 4.16. The molecule has 0 unspecified atom stereocenters. The molecule has 3 N–H and O–H groups in total. The van der Waals surface area contributed by atoms with Gasteiger partial charge in [-0.3, -0.25) is 9.59 Å². The van der Waals surface area contributed by atoms with E-state index in [0.717, 1.165) is 5.57 Å². The fraction of sp³-hybridized carbons (Fsp3) is 0.300. The van der Waals surface area contributed by atoms with Crippen molar-refractivity contribution in [3.8, 4) is 5.75 Å². The summed E-state index contributed by atoms with van der Waals surface area (Å²) in [7, 11) is 0. The molecule has 24 heavy (non-hydrogen) atoms. The van der Waals surface area contributed by atoms with E-state index in [4.69, 9.17) is 5.73 Å². The predicted molar refractivity (Wildman–Crippen MR) is 93.3 cm³/mol. The Morgan fingerprint density at radius 1 is 0.917 bits per heavy atom. The first-order valence-electron chi connectivity index (χ1n) is 8.18. The molecule has 0 saturated carbocycles. The number of carbonyl (C=O) groups is 2. The molecule has 122 valence electrons. The van der Waals surface area contributed by atoms with Crippen molar-refractivity contribution >= 4 is 28.0 Å². The van der Waals surface area contributed by atoms with Crippen molar-refractivity contribution in [2.75, 3.05) is 5.73 Å². The molecule has 0 heterocycles. The molecule has 0 fully saturated rings. The van der Waals surface area contributed by atoms with E-state index >= 15 is 0 Å². The van der Waals surface area contributed by atoms with E-state index in [2.05, 4.69) is 0 Å². The number of nitrogens with two attached hydrogens (primary N) is 1. The van der Waals surface area contributed by atoms with Crippen LogP contribution in [-0.4, -0.2) is 16.7 Å². The maximum atomic E-state index is 13.1. The van der Waals surface area contributed by atoms with Crippen molar-refractivity contribution in [1.29, 1.82) is 0 Å². The second-order valence-corrected chi connectivity index (χ2v) is 6.97. The number of anilines is 1. The average molecular weight is 321 g/mol. The van der Waals surface area contributed by atoms with Gasteiger partial charge in [-0.2, -0.15) is 0 Å². The lowest BCUT2D eigenvalue weighted by atomic mass is 9.65. The Kier molecular flexibility index (Phi) is 3.07. The highest BCUT2D eigenvalue weighted by molar-refractivity contribution is 6.24. The highest BCUT2D eigenvalue weighted by atomic mass is 16.3. The SMILES string of the molecule is CC1=C(C)C[C@H]2C(=O)c3c(c(N)c4ccccc4c3O)C(=O)[C@H]2C1. The van der Waals surface area contributed by atoms with Gasteiger partial charge in [-0.25, -0.2) is 0 Å². The van der Waals surface area contributed by atoms with Gasteiger partial charge in [0.05, 0.1) is 16.8 Å². The zero-order valence-electron chi connectivity index (χ0n) is 13.7. The molecule has 2 aliphatic rings. The van der Waals surface area contributed by atoms with Crippen LogP contribution in [0.25, 0.3) is 10.8 Å². The number of rotatable bonds is 0. The first kappa shape index (κ1) is 14.9. The van der Waals surface area contributed by atoms with Crippen LogP contribution in [0.5, 0.6) is 5.75 Å².